The quantitative estimate of drug-likeness (QED) is 0.171. The van der Waals surface area contributed by atoms with Crippen LogP contribution in [0.3, 0.4) is 0 Å². The van der Waals surface area contributed by atoms with E-state index in [1.54, 1.807) is 12.1 Å². The molecule has 0 bridgehead atoms. The van der Waals surface area contributed by atoms with Gasteiger partial charge >= 0.3 is 0 Å². The first-order chi connectivity index (χ1) is 13.9. The highest BCUT2D eigenvalue weighted by Crippen LogP contribution is 2.36. The zero-order chi connectivity index (χ0) is 22.8. The lowest BCUT2D eigenvalue weighted by molar-refractivity contribution is 0.275. The van der Waals surface area contributed by atoms with Crippen LogP contribution >= 0.6 is 0 Å². The number of rotatable bonds is 11. The van der Waals surface area contributed by atoms with E-state index < -0.39 is 18.3 Å². The highest BCUT2D eigenvalue weighted by atomic mass is 32.2. The first-order valence-corrected chi connectivity index (χ1v) is 15.5. The summed E-state index contributed by atoms with van der Waals surface area (Å²) in [6.07, 6.45) is 5.86. The van der Waals surface area contributed by atoms with Crippen LogP contribution in [0.25, 0.3) is 0 Å². The average molecular weight is 452 g/mol. The third-order valence-corrected chi connectivity index (χ3v) is 12.0. The summed E-state index contributed by atoms with van der Waals surface area (Å²) in [5, 5.41) is 0.138. The van der Waals surface area contributed by atoms with Crippen LogP contribution in [-0.2, 0) is 14.4 Å². The molecule has 0 aromatic heterocycles. The van der Waals surface area contributed by atoms with E-state index in [2.05, 4.69) is 52.8 Å². The molecule has 1 rings (SSSR count). The summed E-state index contributed by atoms with van der Waals surface area (Å²) in [5.74, 6) is 3.08. The fourth-order valence-corrected chi connectivity index (χ4v) is 4.99. The molecule has 1 aromatic rings. The fraction of sp³-hybridized carbons (Fsp3) is 0.667. The fourth-order valence-electron chi connectivity index (χ4n) is 2.61. The van der Waals surface area contributed by atoms with Gasteiger partial charge in [0.1, 0.15) is 0 Å². The van der Waals surface area contributed by atoms with Crippen LogP contribution in [0.5, 0.6) is 0 Å². The smallest absolute Gasteiger partial charge is 0.270 e. The summed E-state index contributed by atoms with van der Waals surface area (Å²) in [6, 6.07) is 9.89. The minimum atomic E-state index is -3.64. The molecular formula is C24H41NO3SSi. The van der Waals surface area contributed by atoms with E-state index in [0.717, 1.165) is 24.8 Å². The molecule has 0 heterocycles. The Balaban J connectivity index is 2.85. The minimum Gasteiger partial charge on any atom is -0.417 e. The predicted octanol–water partition coefficient (Wildman–Crippen LogP) is 6.33. The molecule has 0 saturated carbocycles. The Bertz CT molecular complexity index is 800. The lowest BCUT2D eigenvalue weighted by Gasteiger charge is -2.36. The monoisotopic (exact) mass is 451 g/mol. The average Bonchev–Trinajstić information content (AvgIpc) is 2.65. The van der Waals surface area contributed by atoms with Crippen molar-refractivity contribution in [3.05, 3.63) is 29.8 Å². The normalized spacial score (nSPS) is 12.4. The van der Waals surface area contributed by atoms with Crippen LogP contribution in [0.2, 0.25) is 18.1 Å². The molecule has 4 nitrogen and oxygen atoms in total. The van der Waals surface area contributed by atoms with Crippen molar-refractivity contribution < 1.29 is 12.8 Å². The summed E-state index contributed by atoms with van der Waals surface area (Å²) in [6.45, 7) is 16.1. The zero-order valence-corrected chi connectivity index (χ0v) is 21.9. The summed E-state index contributed by atoms with van der Waals surface area (Å²) in [5.41, 5.74) is 1.03. The minimum absolute atomic E-state index is 0.138. The van der Waals surface area contributed by atoms with E-state index in [1.165, 1.54) is 17.1 Å². The van der Waals surface area contributed by atoms with Crippen molar-refractivity contribution in [3.8, 4) is 12.0 Å². The zero-order valence-electron chi connectivity index (χ0n) is 20.0. The second-order valence-electron chi connectivity index (χ2n) is 9.45. The van der Waals surface area contributed by atoms with E-state index in [9.17, 15) is 8.42 Å². The molecule has 1 aromatic carbocycles. The van der Waals surface area contributed by atoms with Crippen LogP contribution in [-0.4, -0.2) is 34.2 Å². The third kappa shape index (κ3) is 8.45. The van der Waals surface area contributed by atoms with Gasteiger partial charge in [0.05, 0.1) is 4.90 Å². The van der Waals surface area contributed by atoms with Gasteiger partial charge < -0.3 is 4.43 Å². The van der Waals surface area contributed by atoms with Crippen LogP contribution in [0.1, 0.15) is 71.8 Å². The SMILES string of the molecule is CCCCCCC#CN(CCCO[Si](C)(C)C(C)(C)C)S(=O)(=O)c1ccc(C)cc1. The van der Waals surface area contributed by atoms with E-state index in [1.807, 2.05) is 19.1 Å². The van der Waals surface area contributed by atoms with Crippen molar-refractivity contribution in [2.75, 3.05) is 13.2 Å². The Labute approximate surface area is 186 Å². The topological polar surface area (TPSA) is 46.6 Å². The molecule has 170 valence electrons. The lowest BCUT2D eigenvalue weighted by Crippen LogP contribution is -2.41. The molecule has 0 radical (unpaired) electrons. The van der Waals surface area contributed by atoms with Gasteiger partial charge in [0.2, 0.25) is 0 Å². The number of hydrogen-bond donors (Lipinski definition) is 0. The molecule has 0 saturated heterocycles. The van der Waals surface area contributed by atoms with Gasteiger partial charge in [0.15, 0.2) is 8.32 Å². The molecule has 0 unspecified atom stereocenters. The summed E-state index contributed by atoms with van der Waals surface area (Å²) >= 11 is 0. The van der Waals surface area contributed by atoms with E-state index in [0.29, 0.717) is 24.5 Å². The van der Waals surface area contributed by atoms with E-state index in [-0.39, 0.29) is 5.04 Å². The van der Waals surface area contributed by atoms with Gasteiger partial charge in [-0.2, -0.15) is 0 Å². The molecule has 0 spiro atoms. The van der Waals surface area contributed by atoms with Crippen molar-refractivity contribution in [1.29, 1.82) is 0 Å². The maximum Gasteiger partial charge on any atom is 0.270 e. The Kier molecular flexibility index (Phi) is 10.6. The van der Waals surface area contributed by atoms with Gasteiger partial charge in [-0.1, -0.05) is 70.6 Å². The van der Waals surface area contributed by atoms with E-state index in [4.69, 9.17) is 4.43 Å². The van der Waals surface area contributed by atoms with Crippen molar-refractivity contribution >= 4 is 18.3 Å². The Morgan fingerprint density at radius 2 is 1.67 bits per heavy atom. The summed E-state index contributed by atoms with van der Waals surface area (Å²) in [7, 11) is -5.49. The number of aryl methyl sites for hydroxylation is 1. The van der Waals surface area contributed by atoms with Gasteiger partial charge in [-0.25, -0.2) is 12.7 Å². The van der Waals surface area contributed by atoms with Crippen molar-refractivity contribution in [2.45, 2.75) is 96.2 Å². The molecule has 0 amide bonds. The first kappa shape index (κ1) is 26.7. The van der Waals surface area contributed by atoms with Gasteiger partial charge in [-0.15, -0.1) is 0 Å². The van der Waals surface area contributed by atoms with Crippen molar-refractivity contribution in [1.82, 2.24) is 4.31 Å². The Morgan fingerprint density at radius 3 is 2.23 bits per heavy atom. The molecule has 0 fully saturated rings. The number of nitrogens with zero attached hydrogens (tertiary/aromatic N) is 1. The third-order valence-electron chi connectivity index (χ3n) is 5.74. The van der Waals surface area contributed by atoms with Gasteiger partial charge in [-0.3, -0.25) is 0 Å². The number of unbranched alkanes of at least 4 members (excludes halogenated alkanes) is 4. The molecule has 6 heteroatoms. The van der Waals surface area contributed by atoms with Crippen LogP contribution in [0.4, 0.5) is 0 Å². The molecule has 0 aliphatic rings. The molecule has 0 N–H and O–H groups in total. The van der Waals surface area contributed by atoms with Crippen LogP contribution < -0.4 is 0 Å². The molecule has 0 aliphatic carbocycles. The molecule has 30 heavy (non-hydrogen) atoms. The second kappa shape index (κ2) is 11.9. The maximum absolute atomic E-state index is 13.2. The van der Waals surface area contributed by atoms with Crippen LogP contribution in [0, 0.1) is 18.9 Å². The van der Waals surface area contributed by atoms with E-state index >= 15 is 0 Å². The lowest BCUT2D eigenvalue weighted by atomic mass is 10.2. The van der Waals surface area contributed by atoms with Crippen molar-refractivity contribution in [2.24, 2.45) is 0 Å². The number of sulfonamides is 1. The van der Waals surface area contributed by atoms with Crippen LogP contribution in [0.15, 0.2) is 29.2 Å². The van der Waals surface area contributed by atoms with Gasteiger partial charge in [0, 0.05) is 25.6 Å². The summed E-state index contributed by atoms with van der Waals surface area (Å²) < 4.78 is 33.8. The first-order valence-electron chi connectivity index (χ1n) is 11.1. The molecular weight excluding hydrogens is 410 g/mol. The predicted molar refractivity (Wildman–Crippen MR) is 129 cm³/mol. The number of hydrogen-bond acceptors (Lipinski definition) is 3. The standard InChI is InChI=1S/C24H41NO3SSi/c1-8-9-10-11-12-13-19-25(20-14-21-28-30(6,7)24(3,4)5)29(26,27)23-17-15-22(2)16-18-23/h15-18H,8-12,14,20-21H2,1-7H3. The highest BCUT2D eigenvalue weighted by Gasteiger charge is 2.36. The highest BCUT2D eigenvalue weighted by molar-refractivity contribution is 7.89. The molecule has 0 atom stereocenters. The second-order valence-corrected chi connectivity index (χ2v) is 16.1. The number of benzene rings is 1. The largest absolute Gasteiger partial charge is 0.417 e. The molecule has 0 aliphatic heterocycles. The Hall–Kier alpha value is -1.29. The Morgan fingerprint density at radius 1 is 1.03 bits per heavy atom. The van der Waals surface area contributed by atoms with Crippen molar-refractivity contribution in [3.63, 3.8) is 0 Å². The maximum atomic E-state index is 13.2. The summed E-state index contributed by atoms with van der Waals surface area (Å²) in [4.78, 5) is 0.290. The van der Waals surface area contributed by atoms with Gasteiger partial charge in [-0.05, 0) is 50.0 Å². The van der Waals surface area contributed by atoms with Gasteiger partial charge in [0.25, 0.3) is 10.0 Å².